The van der Waals surface area contributed by atoms with Gasteiger partial charge in [-0.2, -0.15) is 0 Å². The Morgan fingerprint density at radius 2 is 0.810 bits per heavy atom. The van der Waals surface area contributed by atoms with Crippen LogP contribution < -0.4 is 0 Å². The van der Waals surface area contributed by atoms with Gasteiger partial charge in [-0.15, -0.1) is 11.3 Å². The van der Waals surface area contributed by atoms with E-state index in [1.54, 1.807) is 11.3 Å². The van der Waals surface area contributed by atoms with Gasteiger partial charge in [-0.3, -0.25) is 0 Å². The number of benzene rings is 2. The van der Waals surface area contributed by atoms with Gasteiger partial charge in [-0.05, 0) is 140 Å². The lowest BCUT2D eigenvalue weighted by molar-refractivity contribution is -0.176. The van der Waals surface area contributed by atoms with Crippen LogP contribution in [0.5, 0.6) is 0 Å². The van der Waals surface area contributed by atoms with Crippen molar-refractivity contribution in [1.29, 1.82) is 0 Å². The van der Waals surface area contributed by atoms with Gasteiger partial charge < -0.3 is 42.6 Å². The highest BCUT2D eigenvalue weighted by Crippen LogP contribution is 2.44. The van der Waals surface area contributed by atoms with Crippen LogP contribution in [0.25, 0.3) is 0 Å². The van der Waals surface area contributed by atoms with Gasteiger partial charge in [0.1, 0.15) is 16.8 Å². The maximum absolute atomic E-state index is 12.3. The Morgan fingerprint density at radius 1 is 0.430 bits per heavy atom. The van der Waals surface area contributed by atoms with Crippen LogP contribution in [0, 0.1) is 13.8 Å². The molecule has 0 atom stereocenters. The van der Waals surface area contributed by atoms with Crippen LogP contribution in [0.2, 0.25) is 0 Å². The summed E-state index contributed by atoms with van der Waals surface area (Å²) in [7, 11) is 0. The van der Waals surface area contributed by atoms with Crippen LogP contribution in [-0.4, -0.2) is 93.4 Å². The first kappa shape index (κ1) is 64.1. The van der Waals surface area contributed by atoms with E-state index in [4.69, 9.17) is 28.4 Å². The number of carbonyl (C=O) groups excluding carboxylic acids is 9. The van der Waals surface area contributed by atoms with E-state index in [9.17, 15) is 43.2 Å². The number of hydrogen-bond acceptors (Lipinski definition) is 19. The molecule has 0 saturated heterocycles. The van der Waals surface area contributed by atoms with Crippen molar-refractivity contribution in [1.82, 2.24) is 0 Å². The molecule has 0 unspecified atom stereocenters. The molecule has 0 aliphatic heterocycles. The molecule has 79 heavy (non-hydrogen) atoms. The van der Waals surface area contributed by atoms with Crippen LogP contribution in [0.4, 0.5) is 0 Å². The van der Waals surface area contributed by atoms with Gasteiger partial charge in [0.25, 0.3) is 0 Å². The molecule has 0 spiro atoms. The van der Waals surface area contributed by atoms with Gasteiger partial charge >= 0.3 is 53.7 Å². The highest BCUT2D eigenvalue weighted by Gasteiger charge is 2.41. The van der Waals surface area contributed by atoms with E-state index in [0.29, 0.717) is 0 Å². The zero-order valence-electron chi connectivity index (χ0n) is 46.1. The van der Waals surface area contributed by atoms with E-state index >= 15 is 0 Å². The lowest BCUT2D eigenvalue weighted by Crippen LogP contribution is -2.37. The van der Waals surface area contributed by atoms with E-state index in [0.717, 1.165) is 123 Å². The van der Waals surface area contributed by atoms with Gasteiger partial charge in [-0.1, -0.05) is 99.2 Å². The third-order valence-corrected chi connectivity index (χ3v) is 14.2. The smallest absolute Gasteiger partial charge is 0.345 e. The van der Waals surface area contributed by atoms with E-state index in [1.165, 1.54) is 20.8 Å². The Morgan fingerprint density at radius 3 is 1.20 bits per heavy atom. The summed E-state index contributed by atoms with van der Waals surface area (Å²) in [6.07, 6.45) is 13.7. The lowest BCUT2D eigenvalue weighted by Gasteiger charge is -2.38. The maximum Gasteiger partial charge on any atom is 0.345 e. The highest BCUT2D eigenvalue weighted by molar-refractivity contribution is 7.10. The molecule has 428 valence electrons. The van der Waals surface area contributed by atoms with Gasteiger partial charge in [0.2, 0.25) is 0 Å². The van der Waals surface area contributed by atoms with Gasteiger partial charge in [0, 0.05) is 21.6 Å². The predicted molar refractivity (Wildman–Crippen MR) is 289 cm³/mol. The number of rotatable bonds is 21. The average Bonchev–Trinajstić information content (AvgIpc) is 4.00. The summed E-state index contributed by atoms with van der Waals surface area (Å²) in [6, 6.07) is 19.7. The minimum atomic E-state index is -0.810. The second kappa shape index (κ2) is 31.9. The molecule has 0 N–H and O–H groups in total. The van der Waals surface area contributed by atoms with Crippen LogP contribution in [0.15, 0.2) is 102 Å². The molecule has 0 radical (unpaired) electrons. The highest BCUT2D eigenvalue weighted by atomic mass is 32.1. The standard InChI is InChI=1S/2C21H26O6.C18H22O6S/c1-15(2)20(24)26-13-18(22)25-14-19(23)27-21(11-7-4-8-12-21)17-10-6-5-9-16(17)3;1-15(2)20(24)26-13-18(22)25-14-19(23)27-21(10-5-4-6-11-21)17-9-7-8-16(3)12-17;1-13(2)17(21)23-11-15(19)22-12-16(20)24-18(8-4-3-5-9-18)14-7-6-10-25-14/h5-6,9-10H,1,4,7-8,11-14H2,2-3H3;7-9,12H,1,4-6,10-11,13-14H2,2-3H3;6-7,10H,1,3-5,8-9,11-12H2,2H3. The quantitative estimate of drug-likeness (QED) is 0.0548. The molecule has 2 aromatic carbocycles. The normalized spacial score (nSPS) is 15.6. The van der Waals surface area contributed by atoms with Gasteiger partial charge in [0.05, 0.1) is 0 Å². The molecule has 3 aromatic rings. The maximum atomic E-state index is 12.3. The lowest BCUT2D eigenvalue weighted by atomic mass is 9.78. The largest absolute Gasteiger partial charge is 0.452 e. The first-order chi connectivity index (χ1) is 37.6. The van der Waals surface area contributed by atoms with Crippen molar-refractivity contribution in [2.24, 2.45) is 0 Å². The molecule has 6 rings (SSSR count). The zero-order chi connectivity index (χ0) is 58.0. The van der Waals surface area contributed by atoms with Crippen molar-refractivity contribution in [3.05, 3.63) is 130 Å². The van der Waals surface area contributed by atoms with Crippen LogP contribution in [-0.2, 0) is 103 Å². The second-order valence-corrected chi connectivity index (χ2v) is 20.7. The minimum Gasteiger partial charge on any atom is -0.452 e. The monoisotopic (exact) mass is 1110 g/mol. The SMILES string of the molecule is C=C(C)C(=O)OCC(=O)OCC(=O)OC1(c2cccc(C)c2)CCCCC1.C=C(C)C(=O)OCC(=O)OCC(=O)OC1(c2ccccc2C)CCCCC1.C=C(C)C(=O)OCC(=O)OCC(=O)OC1(c2cccs2)CCCCC1. The molecule has 1 aromatic heterocycles. The fraction of sp³-hybridized carbons (Fsp3) is 0.483. The summed E-state index contributed by atoms with van der Waals surface area (Å²) in [5.41, 5.74) is 2.69. The predicted octanol–water partition coefficient (Wildman–Crippen LogP) is 9.83. The molecule has 3 fully saturated rings. The van der Waals surface area contributed by atoms with Gasteiger partial charge in [0.15, 0.2) is 39.6 Å². The third kappa shape index (κ3) is 21.1. The summed E-state index contributed by atoms with van der Waals surface area (Å²) in [5.74, 6) is -6.30. The van der Waals surface area contributed by atoms with E-state index in [1.807, 2.05) is 79.9 Å². The third-order valence-electron chi connectivity index (χ3n) is 13.1. The Hall–Kier alpha value is -7.41. The van der Waals surface area contributed by atoms with Gasteiger partial charge in [-0.25, -0.2) is 43.2 Å². The molecule has 0 bridgehead atoms. The number of esters is 9. The number of carbonyl (C=O) groups is 9. The van der Waals surface area contributed by atoms with Crippen molar-refractivity contribution in [2.45, 2.75) is 148 Å². The van der Waals surface area contributed by atoms with Crippen LogP contribution in [0.3, 0.4) is 0 Å². The Balaban J connectivity index is 0.000000256. The van der Waals surface area contributed by atoms with Crippen molar-refractivity contribution in [3.8, 4) is 0 Å². The number of hydrogen-bond donors (Lipinski definition) is 0. The summed E-state index contributed by atoms with van der Waals surface area (Å²) < 4.78 is 45.9. The van der Waals surface area contributed by atoms with Crippen LogP contribution in [0.1, 0.15) is 144 Å². The fourth-order valence-corrected chi connectivity index (χ4v) is 10.1. The van der Waals surface area contributed by atoms with E-state index < -0.39 is 110 Å². The molecule has 3 aliphatic rings. The summed E-state index contributed by atoms with van der Waals surface area (Å²) in [5, 5.41) is 1.95. The van der Waals surface area contributed by atoms with Crippen molar-refractivity contribution in [2.75, 3.05) is 39.6 Å². The summed E-state index contributed by atoms with van der Waals surface area (Å²) in [4.78, 5) is 106. The Labute approximate surface area is 466 Å². The number of aryl methyl sites for hydroxylation is 2. The Kier molecular flexibility index (Phi) is 25.9. The first-order valence-corrected chi connectivity index (χ1v) is 27.2. The average molecular weight is 1120 g/mol. The minimum absolute atomic E-state index is 0.180. The zero-order valence-corrected chi connectivity index (χ0v) is 46.9. The fourth-order valence-electron chi connectivity index (χ4n) is 9.22. The van der Waals surface area contributed by atoms with E-state index in [2.05, 4.69) is 33.9 Å². The molecule has 0 amide bonds. The molecule has 3 aliphatic carbocycles. The van der Waals surface area contributed by atoms with Crippen molar-refractivity contribution < 1.29 is 85.8 Å². The number of ether oxygens (including phenoxy) is 9. The molecule has 3 saturated carbocycles. The Bertz CT molecular complexity index is 2630. The molecule has 18 nitrogen and oxygen atoms in total. The second-order valence-electron chi connectivity index (χ2n) is 19.8. The van der Waals surface area contributed by atoms with Crippen molar-refractivity contribution in [3.63, 3.8) is 0 Å². The molecule has 19 heteroatoms. The summed E-state index contributed by atoms with van der Waals surface area (Å²) in [6.45, 7) is 15.4. The van der Waals surface area contributed by atoms with Crippen molar-refractivity contribution >= 4 is 65.1 Å². The number of thiophene rings is 1. The van der Waals surface area contributed by atoms with E-state index in [-0.39, 0.29) is 16.7 Å². The molecular weight excluding hydrogens is 1040 g/mol. The molecule has 1 heterocycles. The first-order valence-electron chi connectivity index (χ1n) is 26.4. The van der Waals surface area contributed by atoms with Crippen LogP contribution >= 0.6 is 11.3 Å². The summed E-state index contributed by atoms with van der Waals surface area (Å²) >= 11 is 1.56. The topological polar surface area (TPSA) is 237 Å². The molecular formula is C60H74O18S.